The van der Waals surface area contributed by atoms with Crippen molar-refractivity contribution in [2.75, 3.05) is 40.1 Å². The maximum absolute atomic E-state index is 13.6. The predicted molar refractivity (Wildman–Crippen MR) is 244 cm³/mol. The average molecular weight is 1180 g/mol. The number of amides is 2. The number of likely N-dealkylation sites (N-methyl/N-ethyl adjacent to an activating group) is 1. The minimum absolute atomic E-state index is 0.799. The van der Waals surface area contributed by atoms with Crippen LogP contribution in [0.4, 0.5) is 0 Å². The molecule has 80 heavy (non-hydrogen) atoms. The Kier molecular flexibility index (Phi) is 22.8. The molecule has 6 aliphatic heterocycles. The van der Waals surface area contributed by atoms with Gasteiger partial charge in [0.05, 0.1) is 45.2 Å². The summed E-state index contributed by atoms with van der Waals surface area (Å²) < 4.78 is 63.6. The second-order valence-corrected chi connectivity index (χ2v) is 20.1. The molecule has 21 N–H and O–H groups in total. The number of nitrogens with zero attached hydrogens (tertiary/aromatic N) is 1. The van der Waals surface area contributed by atoms with E-state index in [2.05, 4.69) is 5.32 Å². The quantitative estimate of drug-likeness (QED) is 0.0538. The number of ether oxygens (including phenoxy) is 11. The largest absolute Gasteiger partial charge is 0.477 e. The molecule has 6 fully saturated rings. The fourth-order valence-corrected chi connectivity index (χ4v) is 10.2. The van der Waals surface area contributed by atoms with Gasteiger partial charge >= 0.3 is 5.97 Å². The van der Waals surface area contributed by atoms with Crippen LogP contribution in [0.1, 0.15) is 20.8 Å². The number of aliphatic hydroxyl groups excluding tert-OH is 18. The van der Waals surface area contributed by atoms with Gasteiger partial charge in [-0.05, 0) is 6.92 Å². The molecule has 0 saturated carbocycles. The molecule has 0 unspecified atom stereocenters. The summed E-state index contributed by atoms with van der Waals surface area (Å²) in [5, 5.41) is 219. The highest BCUT2D eigenvalue weighted by atomic mass is 16.8. The van der Waals surface area contributed by atoms with E-state index in [-0.39, 0.29) is 0 Å². The van der Waals surface area contributed by atoms with E-state index < -0.39 is 247 Å². The molecule has 6 rings (SSSR count). The van der Waals surface area contributed by atoms with Crippen molar-refractivity contribution >= 4 is 17.8 Å². The van der Waals surface area contributed by atoms with E-state index in [4.69, 9.17) is 52.1 Å². The molecule has 0 radical (unpaired) electrons. The highest BCUT2D eigenvalue weighted by Crippen LogP contribution is 2.41. The number of hydrogen-bond donors (Lipinski definition) is 21. The van der Waals surface area contributed by atoms with Crippen molar-refractivity contribution in [3.05, 3.63) is 0 Å². The predicted octanol–water partition coefficient (Wildman–Crippen LogP) is -14.3. The summed E-state index contributed by atoms with van der Waals surface area (Å²) in [6.45, 7) is -2.52. The summed E-state index contributed by atoms with van der Waals surface area (Å²) in [6.07, 6.45) is -61.2. The van der Waals surface area contributed by atoms with E-state index in [0.29, 0.717) is 0 Å². The molecule has 36 nitrogen and oxygen atoms in total. The van der Waals surface area contributed by atoms with E-state index in [1.165, 1.54) is 6.92 Å². The standard InChI is InChI=1S/C44H74N2O34/c1-10-20(55)25(60)28(63)40(70-10)77-32-17(9-51)74-39(79-36-23(58)15(7-49)72-41(30(36)65)76-31-16(8-50)71-38(66)27(62)26(31)61)19(46(4)12(3)53)34(32)78-42-29(64)35(22(57)14(6-48)73-42)75-37-24(59)18(45-11(2)52)33(21(56)13(54)5-47)80-44(37,69)43(67)68/h10,13-42,47-51,54-66,69H,5-9H2,1-4H3,(H,45,52)(H,67,68)/t10-,13+,14+,15+,16+,17+,18-,19+,20-,21+,22-,23-,24-,25-,26+,27+,28+,29+,30+,31+,32+,33-,34+,35-,36-,37-,38-,39-,40-,41-,42-,44-/m0/s1. The maximum atomic E-state index is 13.6. The highest BCUT2D eigenvalue weighted by molar-refractivity contribution is 5.77. The lowest BCUT2D eigenvalue weighted by Crippen LogP contribution is -2.75. The van der Waals surface area contributed by atoms with Crippen molar-refractivity contribution in [3.8, 4) is 0 Å². The molecule has 6 heterocycles. The molecular weight excluding hydrogens is 1100 g/mol. The third-order valence-corrected chi connectivity index (χ3v) is 14.8. The number of nitrogens with one attached hydrogen (secondary N) is 1. The van der Waals surface area contributed by atoms with Gasteiger partial charge in [0.15, 0.2) is 37.6 Å². The highest BCUT2D eigenvalue weighted by Gasteiger charge is 2.64. The monoisotopic (exact) mass is 1170 g/mol. The number of carboxylic acid groups (broad SMARTS) is 1. The van der Waals surface area contributed by atoms with Gasteiger partial charge in [-0.2, -0.15) is 0 Å². The van der Waals surface area contributed by atoms with Crippen LogP contribution in [-0.2, 0) is 66.5 Å². The zero-order valence-electron chi connectivity index (χ0n) is 43.0. The van der Waals surface area contributed by atoms with Gasteiger partial charge in [0.2, 0.25) is 11.8 Å². The number of carbonyl (C=O) groups is 3. The molecular formula is C44H74N2O34. The molecule has 0 bridgehead atoms. The van der Waals surface area contributed by atoms with E-state index in [1.54, 1.807) is 0 Å². The summed E-state index contributed by atoms with van der Waals surface area (Å²) in [5.41, 5.74) is 0. The second-order valence-electron chi connectivity index (χ2n) is 20.1. The van der Waals surface area contributed by atoms with Gasteiger partial charge in [-0.25, -0.2) is 4.79 Å². The third kappa shape index (κ3) is 13.3. The Labute approximate surface area is 452 Å². The van der Waals surface area contributed by atoms with Gasteiger partial charge < -0.3 is 164 Å². The van der Waals surface area contributed by atoms with Gasteiger partial charge in [0.1, 0.15) is 140 Å². The van der Waals surface area contributed by atoms with Crippen LogP contribution in [0, 0.1) is 0 Å². The first-order valence-corrected chi connectivity index (χ1v) is 25.1. The average Bonchev–Trinajstić information content (AvgIpc) is 3.45. The fraction of sp³-hybridized carbons (Fsp3) is 0.932. The normalized spacial score (nSPS) is 48.2. The van der Waals surface area contributed by atoms with Crippen molar-refractivity contribution in [1.82, 2.24) is 10.2 Å². The molecule has 0 aromatic carbocycles. The fourth-order valence-electron chi connectivity index (χ4n) is 10.2. The Morgan fingerprint density at radius 2 is 1.02 bits per heavy atom. The molecule has 0 aromatic rings. The SMILES string of the molecule is CC(=O)N[C@H]1[C@H](O)[C@H](O[C@H]2[C@@H](O)[C@@H](CO)O[C@@H](O[C@H]3[C@H](O[C@@H]4O[C@@H](C)[C@H](O)[C@H](O)[C@H]4O)[C@@H](CO)O[C@@H](O[C@H]4[C@@H](O)[C@@H](CO)O[C@@H](O[C@H]5[C@H](O)[C@@H](O)[C@@H](O)O[C@@H]5CO)[C@@H]4O)[C@@H]3N(C)C(C)=O)[C@@H]2O)[C@@](O)(C(=O)O)O[C@@H]1[C@H](O)[C@H](O)CO. The lowest BCUT2D eigenvalue weighted by Gasteiger charge is -2.54. The lowest BCUT2D eigenvalue weighted by molar-refractivity contribution is -0.400. The van der Waals surface area contributed by atoms with Gasteiger partial charge in [0.25, 0.3) is 5.79 Å². The third-order valence-electron chi connectivity index (χ3n) is 14.8. The topological polar surface area (TPSA) is 573 Å². The minimum atomic E-state index is -3.85. The van der Waals surface area contributed by atoms with E-state index in [0.717, 1.165) is 25.8 Å². The minimum Gasteiger partial charge on any atom is -0.477 e. The van der Waals surface area contributed by atoms with Crippen LogP contribution in [0.5, 0.6) is 0 Å². The molecule has 2 amide bonds. The van der Waals surface area contributed by atoms with Crippen LogP contribution in [0.3, 0.4) is 0 Å². The van der Waals surface area contributed by atoms with E-state index in [9.17, 15) is 117 Å². The van der Waals surface area contributed by atoms with Crippen molar-refractivity contribution < 1.29 is 169 Å². The van der Waals surface area contributed by atoms with Crippen LogP contribution in [0.2, 0.25) is 0 Å². The molecule has 36 heteroatoms. The van der Waals surface area contributed by atoms with Crippen LogP contribution in [0.15, 0.2) is 0 Å². The first-order chi connectivity index (χ1) is 37.5. The first kappa shape index (κ1) is 66.4. The summed E-state index contributed by atoms with van der Waals surface area (Å²) in [6, 6.07) is -4.00. The van der Waals surface area contributed by atoms with Crippen LogP contribution in [0.25, 0.3) is 0 Å². The van der Waals surface area contributed by atoms with Gasteiger partial charge in [-0.15, -0.1) is 0 Å². The summed E-state index contributed by atoms with van der Waals surface area (Å²) in [5.74, 6) is -8.13. The Bertz CT molecular complexity index is 2020. The molecule has 6 saturated heterocycles. The van der Waals surface area contributed by atoms with Crippen molar-refractivity contribution in [3.63, 3.8) is 0 Å². The zero-order chi connectivity index (χ0) is 59.7. The van der Waals surface area contributed by atoms with Crippen LogP contribution >= 0.6 is 0 Å². The van der Waals surface area contributed by atoms with Crippen LogP contribution < -0.4 is 5.32 Å². The van der Waals surface area contributed by atoms with Crippen molar-refractivity contribution in [1.29, 1.82) is 0 Å². The number of hydrogen-bond acceptors (Lipinski definition) is 33. The number of carboxylic acids is 1. The molecule has 464 valence electrons. The van der Waals surface area contributed by atoms with E-state index in [1.807, 2.05) is 0 Å². The number of aliphatic hydroxyl groups is 19. The zero-order valence-corrected chi connectivity index (χ0v) is 43.0. The van der Waals surface area contributed by atoms with Gasteiger partial charge in [-0.1, -0.05) is 0 Å². The summed E-state index contributed by atoms with van der Waals surface area (Å²) in [7, 11) is 1.07. The summed E-state index contributed by atoms with van der Waals surface area (Å²) >= 11 is 0. The Morgan fingerprint density at radius 1 is 0.550 bits per heavy atom. The Hall–Kier alpha value is -2.79. The number of carbonyl (C=O) groups excluding carboxylic acids is 2. The van der Waals surface area contributed by atoms with Crippen molar-refractivity contribution in [2.45, 2.75) is 217 Å². The van der Waals surface area contributed by atoms with Crippen molar-refractivity contribution in [2.24, 2.45) is 0 Å². The number of rotatable bonds is 20. The maximum Gasteiger partial charge on any atom is 0.367 e. The second kappa shape index (κ2) is 27.5. The van der Waals surface area contributed by atoms with Gasteiger partial charge in [-0.3, -0.25) is 9.59 Å². The Morgan fingerprint density at radius 3 is 1.52 bits per heavy atom. The molecule has 6 aliphatic rings. The molecule has 0 aliphatic carbocycles. The molecule has 0 spiro atoms. The summed E-state index contributed by atoms with van der Waals surface area (Å²) in [4.78, 5) is 39.5. The first-order valence-electron chi connectivity index (χ1n) is 25.1. The lowest BCUT2D eigenvalue weighted by atomic mass is 9.86. The Balaban J connectivity index is 1.42. The number of aliphatic carboxylic acids is 1. The molecule has 0 aromatic heterocycles. The van der Waals surface area contributed by atoms with E-state index >= 15 is 0 Å². The smallest absolute Gasteiger partial charge is 0.367 e. The van der Waals surface area contributed by atoms with Gasteiger partial charge in [0, 0.05) is 20.9 Å². The van der Waals surface area contributed by atoms with Crippen LogP contribution in [-0.4, -0.2) is 361 Å². The molecule has 32 atom stereocenters.